The molecule has 2 nitrogen and oxygen atoms in total. The summed E-state index contributed by atoms with van der Waals surface area (Å²) in [5, 5.41) is 8.80. The van der Waals surface area contributed by atoms with E-state index in [1.807, 2.05) is 0 Å². The second-order valence-corrected chi connectivity index (χ2v) is 3.86. The van der Waals surface area contributed by atoms with Crippen LogP contribution in [0, 0.1) is 5.82 Å². The Bertz CT molecular complexity index is 413. The van der Waals surface area contributed by atoms with Gasteiger partial charge >= 0.3 is 5.97 Å². The molecular weight excluding hydrogens is 263 g/mol. The Kier molecular flexibility index (Phi) is 4.03. The van der Waals surface area contributed by atoms with Crippen LogP contribution < -0.4 is 0 Å². The van der Waals surface area contributed by atoms with Gasteiger partial charge in [0.2, 0.25) is 0 Å². The third kappa shape index (κ3) is 3.16. The summed E-state index contributed by atoms with van der Waals surface area (Å²) < 4.78 is 13.2. The van der Waals surface area contributed by atoms with E-state index in [9.17, 15) is 9.18 Å². The van der Waals surface area contributed by atoms with Crippen LogP contribution in [0.25, 0.3) is 6.08 Å². The van der Waals surface area contributed by atoms with Crippen LogP contribution in [0.4, 0.5) is 4.39 Å². The number of carboxylic acid groups (broad SMARTS) is 1. The van der Waals surface area contributed by atoms with Gasteiger partial charge in [0, 0.05) is 5.57 Å². The Morgan fingerprint density at radius 3 is 2.73 bits per heavy atom. The molecular formula is C11H10BrFO2. The van der Waals surface area contributed by atoms with Crippen molar-refractivity contribution in [2.75, 3.05) is 0 Å². The average molecular weight is 273 g/mol. The molecule has 0 spiro atoms. The predicted molar refractivity (Wildman–Crippen MR) is 60.0 cm³/mol. The molecule has 0 unspecified atom stereocenters. The van der Waals surface area contributed by atoms with E-state index in [1.54, 1.807) is 19.1 Å². The van der Waals surface area contributed by atoms with Gasteiger partial charge in [0.05, 0.1) is 4.47 Å². The monoisotopic (exact) mass is 272 g/mol. The average Bonchev–Trinajstić information content (AvgIpc) is 2.19. The van der Waals surface area contributed by atoms with Crippen molar-refractivity contribution in [3.05, 3.63) is 39.6 Å². The number of aliphatic carboxylic acids is 1. The number of rotatable bonds is 3. The molecule has 0 fully saturated rings. The van der Waals surface area contributed by atoms with Gasteiger partial charge in [-0.15, -0.1) is 0 Å². The fraction of sp³-hybridized carbons (Fsp3) is 0.182. The van der Waals surface area contributed by atoms with Crippen molar-refractivity contribution in [1.29, 1.82) is 0 Å². The quantitative estimate of drug-likeness (QED) is 0.856. The van der Waals surface area contributed by atoms with Crippen molar-refractivity contribution < 1.29 is 14.3 Å². The highest BCUT2D eigenvalue weighted by Gasteiger charge is 2.05. The maximum Gasteiger partial charge on any atom is 0.331 e. The Balaban J connectivity index is 3.07. The first-order chi connectivity index (χ1) is 7.04. The number of carbonyl (C=O) groups is 1. The first-order valence-corrected chi connectivity index (χ1v) is 5.22. The zero-order chi connectivity index (χ0) is 11.4. The fourth-order valence-corrected chi connectivity index (χ4v) is 1.51. The minimum atomic E-state index is -0.946. The SMILES string of the molecule is CCC(=Cc1ccc(F)c(Br)c1)C(=O)O. The van der Waals surface area contributed by atoms with Gasteiger partial charge in [-0.25, -0.2) is 9.18 Å². The summed E-state index contributed by atoms with van der Waals surface area (Å²) in [5.74, 6) is -1.31. The molecule has 0 bridgehead atoms. The standard InChI is InChI=1S/C11H10BrFO2/c1-2-8(11(14)15)5-7-3-4-10(13)9(12)6-7/h3-6H,2H2,1H3,(H,14,15). The molecule has 1 aromatic rings. The number of hydrogen-bond donors (Lipinski definition) is 1. The summed E-state index contributed by atoms with van der Waals surface area (Å²) in [5.41, 5.74) is 0.969. The zero-order valence-corrected chi connectivity index (χ0v) is 9.71. The molecule has 0 aliphatic heterocycles. The molecule has 0 amide bonds. The minimum absolute atomic E-state index is 0.300. The summed E-state index contributed by atoms with van der Waals surface area (Å²) in [6.07, 6.45) is 1.97. The van der Waals surface area contributed by atoms with Crippen molar-refractivity contribution in [1.82, 2.24) is 0 Å². The smallest absolute Gasteiger partial charge is 0.331 e. The molecule has 1 N–H and O–H groups in total. The number of carboxylic acids is 1. The third-order valence-corrected chi connectivity index (χ3v) is 2.55. The van der Waals surface area contributed by atoms with Gasteiger partial charge in [-0.1, -0.05) is 13.0 Å². The number of hydrogen-bond acceptors (Lipinski definition) is 1. The van der Waals surface area contributed by atoms with E-state index in [4.69, 9.17) is 5.11 Å². The van der Waals surface area contributed by atoms with E-state index >= 15 is 0 Å². The molecule has 0 aliphatic carbocycles. The van der Waals surface area contributed by atoms with Crippen LogP contribution in [-0.4, -0.2) is 11.1 Å². The lowest BCUT2D eigenvalue weighted by atomic mass is 10.1. The maximum atomic E-state index is 12.9. The second kappa shape index (κ2) is 5.07. The van der Waals surface area contributed by atoms with E-state index in [-0.39, 0.29) is 5.82 Å². The Morgan fingerprint density at radius 1 is 1.60 bits per heavy atom. The molecule has 0 heterocycles. The maximum absolute atomic E-state index is 12.9. The lowest BCUT2D eigenvalue weighted by molar-refractivity contribution is -0.132. The first kappa shape index (κ1) is 11.9. The van der Waals surface area contributed by atoms with Crippen molar-refractivity contribution in [3.8, 4) is 0 Å². The second-order valence-electron chi connectivity index (χ2n) is 3.00. The van der Waals surface area contributed by atoms with E-state index in [0.717, 1.165) is 0 Å². The largest absolute Gasteiger partial charge is 0.478 e. The predicted octanol–water partition coefficient (Wildman–Crippen LogP) is 3.47. The van der Waals surface area contributed by atoms with Gasteiger partial charge in [-0.3, -0.25) is 0 Å². The molecule has 80 valence electrons. The van der Waals surface area contributed by atoms with E-state index < -0.39 is 5.97 Å². The Labute approximate surface area is 95.6 Å². The molecule has 0 radical (unpaired) electrons. The summed E-state index contributed by atoms with van der Waals surface area (Å²) >= 11 is 3.04. The lowest BCUT2D eigenvalue weighted by Crippen LogP contribution is -1.98. The fourth-order valence-electron chi connectivity index (χ4n) is 1.12. The highest BCUT2D eigenvalue weighted by Crippen LogP contribution is 2.19. The van der Waals surface area contributed by atoms with Crippen LogP contribution in [0.5, 0.6) is 0 Å². The van der Waals surface area contributed by atoms with Crippen LogP contribution >= 0.6 is 15.9 Å². The topological polar surface area (TPSA) is 37.3 Å². The van der Waals surface area contributed by atoms with Crippen molar-refractivity contribution in [2.24, 2.45) is 0 Å². The molecule has 0 atom stereocenters. The van der Waals surface area contributed by atoms with Crippen LogP contribution in [-0.2, 0) is 4.79 Å². The van der Waals surface area contributed by atoms with E-state index in [0.29, 0.717) is 22.0 Å². The van der Waals surface area contributed by atoms with Gasteiger partial charge in [0.1, 0.15) is 5.82 Å². The van der Waals surface area contributed by atoms with Crippen LogP contribution in [0.1, 0.15) is 18.9 Å². The van der Waals surface area contributed by atoms with Crippen LogP contribution in [0.3, 0.4) is 0 Å². The molecule has 4 heteroatoms. The number of halogens is 2. The van der Waals surface area contributed by atoms with Gasteiger partial charge in [0.25, 0.3) is 0 Å². The van der Waals surface area contributed by atoms with Crippen molar-refractivity contribution in [2.45, 2.75) is 13.3 Å². The van der Waals surface area contributed by atoms with E-state index in [1.165, 1.54) is 12.1 Å². The summed E-state index contributed by atoms with van der Waals surface area (Å²) in [4.78, 5) is 10.7. The van der Waals surface area contributed by atoms with E-state index in [2.05, 4.69) is 15.9 Å². The first-order valence-electron chi connectivity index (χ1n) is 4.43. The summed E-state index contributed by atoms with van der Waals surface area (Å²) in [6, 6.07) is 4.39. The van der Waals surface area contributed by atoms with Gasteiger partial charge in [-0.2, -0.15) is 0 Å². The Morgan fingerprint density at radius 2 is 2.27 bits per heavy atom. The molecule has 0 saturated heterocycles. The summed E-state index contributed by atoms with van der Waals surface area (Å²) in [6.45, 7) is 1.76. The van der Waals surface area contributed by atoms with Crippen molar-refractivity contribution >= 4 is 28.0 Å². The van der Waals surface area contributed by atoms with Crippen LogP contribution in [0.15, 0.2) is 28.2 Å². The molecule has 1 aromatic carbocycles. The molecule has 0 saturated carbocycles. The molecule has 0 aromatic heterocycles. The zero-order valence-electron chi connectivity index (χ0n) is 8.13. The summed E-state index contributed by atoms with van der Waals surface area (Å²) in [7, 11) is 0. The lowest BCUT2D eigenvalue weighted by Gasteiger charge is -2.00. The Hall–Kier alpha value is -1.16. The highest BCUT2D eigenvalue weighted by atomic mass is 79.9. The number of benzene rings is 1. The molecule has 15 heavy (non-hydrogen) atoms. The van der Waals surface area contributed by atoms with Crippen LogP contribution in [0.2, 0.25) is 0 Å². The van der Waals surface area contributed by atoms with Gasteiger partial charge in [0.15, 0.2) is 0 Å². The van der Waals surface area contributed by atoms with Gasteiger partial charge in [-0.05, 0) is 46.1 Å². The normalized spacial score (nSPS) is 11.5. The highest BCUT2D eigenvalue weighted by molar-refractivity contribution is 9.10. The third-order valence-electron chi connectivity index (χ3n) is 1.94. The molecule has 0 aliphatic rings. The van der Waals surface area contributed by atoms with Gasteiger partial charge < -0.3 is 5.11 Å². The molecule has 1 rings (SSSR count). The van der Waals surface area contributed by atoms with Crippen molar-refractivity contribution in [3.63, 3.8) is 0 Å². The minimum Gasteiger partial charge on any atom is -0.478 e.